The number of nitrogens with zero attached hydrogens (tertiary/aromatic N) is 2. The minimum Gasteiger partial charge on any atom is -0.492 e. The second-order valence-corrected chi connectivity index (χ2v) is 8.25. The van der Waals surface area contributed by atoms with E-state index in [9.17, 15) is 9.18 Å². The standard InChI is InChI=1S/C21H21FN2O2S2/c1-15-23-17(13-27-15)14-28-20-6-4-3-5-19(20)21(25)24(2)11-12-26-18-9-7-16(22)8-10-18/h3-10,13H,11-12,14H2,1-2H3. The molecule has 0 saturated heterocycles. The van der Waals surface area contributed by atoms with Gasteiger partial charge in [-0.2, -0.15) is 0 Å². The van der Waals surface area contributed by atoms with Gasteiger partial charge in [-0.15, -0.1) is 23.1 Å². The van der Waals surface area contributed by atoms with E-state index in [-0.39, 0.29) is 11.7 Å². The number of rotatable bonds is 8. The average Bonchev–Trinajstić information content (AvgIpc) is 3.12. The fourth-order valence-electron chi connectivity index (χ4n) is 2.53. The van der Waals surface area contributed by atoms with Crippen LogP contribution in [0, 0.1) is 12.7 Å². The summed E-state index contributed by atoms with van der Waals surface area (Å²) >= 11 is 3.24. The number of amides is 1. The summed E-state index contributed by atoms with van der Waals surface area (Å²) in [6, 6.07) is 13.4. The van der Waals surface area contributed by atoms with Gasteiger partial charge >= 0.3 is 0 Å². The van der Waals surface area contributed by atoms with Crippen LogP contribution in [0.25, 0.3) is 0 Å². The van der Waals surface area contributed by atoms with Crippen LogP contribution in [-0.2, 0) is 5.75 Å². The van der Waals surface area contributed by atoms with Crippen molar-refractivity contribution in [3.05, 3.63) is 76.0 Å². The van der Waals surface area contributed by atoms with Crippen molar-refractivity contribution in [2.24, 2.45) is 0 Å². The second-order valence-electron chi connectivity index (χ2n) is 6.17. The Labute approximate surface area is 172 Å². The van der Waals surface area contributed by atoms with Crippen molar-refractivity contribution in [3.8, 4) is 5.75 Å². The summed E-state index contributed by atoms with van der Waals surface area (Å²) < 4.78 is 18.5. The maximum Gasteiger partial charge on any atom is 0.254 e. The Morgan fingerprint density at radius 1 is 1.21 bits per heavy atom. The van der Waals surface area contributed by atoms with Gasteiger partial charge in [-0.25, -0.2) is 9.37 Å². The molecule has 1 heterocycles. The average molecular weight is 417 g/mol. The molecule has 4 nitrogen and oxygen atoms in total. The molecule has 0 radical (unpaired) electrons. The molecule has 1 aromatic heterocycles. The second kappa shape index (κ2) is 9.71. The van der Waals surface area contributed by atoms with Crippen molar-refractivity contribution < 1.29 is 13.9 Å². The number of hydrogen-bond donors (Lipinski definition) is 0. The van der Waals surface area contributed by atoms with E-state index in [0.29, 0.717) is 24.5 Å². The summed E-state index contributed by atoms with van der Waals surface area (Å²) in [6.07, 6.45) is 0. The van der Waals surface area contributed by atoms with Crippen LogP contribution in [0.1, 0.15) is 21.1 Å². The number of thioether (sulfide) groups is 1. The van der Waals surface area contributed by atoms with Gasteiger partial charge in [-0.3, -0.25) is 4.79 Å². The van der Waals surface area contributed by atoms with Crippen LogP contribution in [0.2, 0.25) is 0 Å². The maximum absolute atomic E-state index is 12.9. The van der Waals surface area contributed by atoms with Gasteiger partial charge in [0.15, 0.2) is 0 Å². The molecule has 2 aromatic carbocycles. The Kier molecular flexibility index (Phi) is 7.06. The first kappa shape index (κ1) is 20.4. The predicted molar refractivity (Wildman–Crippen MR) is 112 cm³/mol. The molecule has 3 rings (SSSR count). The number of halogens is 1. The summed E-state index contributed by atoms with van der Waals surface area (Å²) in [5.41, 5.74) is 1.69. The summed E-state index contributed by atoms with van der Waals surface area (Å²) in [5.74, 6) is 0.949. The third-order valence-corrected chi connectivity index (χ3v) is 5.94. The monoisotopic (exact) mass is 416 g/mol. The van der Waals surface area contributed by atoms with Gasteiger partial charge in [0, 0.05) is 23.1 Å². The molecule has 0 bridgehead atoms. The number of hydrogen-bond acceptors (Lipinski definition) is 5. The molecule has 0 aliphatic heterocycles. The minimum absolute atomic E-state index is 0.0553. The van der Waals surface area contributed by atoms with Gasteiger partial charge in [0.05, 0.1) is 22.8 Å². The first-order valence-corrected chi connectivity index (χ1v) is 10.7. The predicted octanol–water partition coefficient (Wildman–Crippen LogP) is 5.03. The van der Waals surface area contributed by atoms with E-state index in [1.807, 2.05) is 36.6 Å². The molecule has 28 heavy (non-hydrogen) atoms. The molecule has 1 amide bonds. The van der Waals surface area contributed by atoms with Crippen LogP contribution in [-0.4, -0.2) is 36.0 Å². The molecule has 0 N–H and O–H groups in total. The SMILES string of the molecule is Cc1nc(CSc2ccccc2C(=O)N(C)CCOc2ccc(F)cc2)cs1. The molecular formula is C21H21FN2O2S2. The molecule has 0 atom stereocenters. The lowest BCUT2D eigenvalue weighted by Gasteiger charge is -2.19. The quantitative estimate of drug-likeness (QED) is 0.483. The van der Waals surface area contributed by atoms with Gasteiger partial charge in [0.25, 0.3) is 5.91 Å². The molecule has 0 aliphatic rings. The van der Waals surface area contributed by atoms with Crippen LogP contribution in [0.15, 0.2) is 58.8 Å². The number of aryl methyl sites for hydroxylation is 1. The van der Waals surface area contributed by atoms with E-state index < -0.39 is 0 Å². The van der Waals surface area contributed by atoms with Gasteiger partial charge in [0.1, 0.15) is 18.2 Å². The van der Waals surface area contributed by atoms with E-state index in [2.05, 4.69) is 4.98 Å². The minimum atomic E-state index is -0.304. The third-order valence-electron chi connectivity index (χ3n) is 4.02. The summed E-state index contributed by atoms with van der Waals surface area (Å²) in [4.78, 5) is 19.9. The van der Waals surface area contributed by atoms with Crippen LogP contribution in [0.4, 0.5) is 4.39 Å². The van der Waals surface area contributed by atoms with E-state index in [0.717, 1.165) is 21.3 Å². The van der Waals surface area contributed by atoms with Crippen molar-refractivity contribution in [2.45, 2.75) is 17.6 Å². The van der Waals surface area contributed by atoms with Crippen LogP contribution < -0.4 is 4.74 Å². The molecule has 146 valence electrons. The number of benzene rings is 2. The molecular weight excluding hydrogens is 395 g/mol. The summed E-state index contributed by atoms with van der Waals surface area (Å²) in [6.45, 7) is 2.75. The lowest BCUT2D eigenvalue weighted by molar-refractivity contribution is 0.0770. The Morgan fingerprint density at radius 2 is 1.96 bits per heavy atom. The fraction of sp³-hybridized carbons (Fsp3) is 0.238. The van der Waals surface area contributed by atoms with Gasteiger partial charge < -0.3 is 9.64 Å². The highest BCUT2D eigenvalue weighted by Gasteiger charge is 2.16. The molecule has 0 spiro atoms. The number of thiazole rings is 1. The van der Waals surface area contributed by atoms with Crippen molar-refractivity contribution in [1.82, 2.24) is 9.88 Å². The van der Waals surface area contributed by atoms with Crippen LogP contribution in [0.5, 0.6) is 5.75 Å². The van der Waals surface area contributed by atoms with Crippen molar-refractivity contribution in [3.63, 3.8) is 0 Å². The molecule has 0 aliphatic carbocycles. The maximum atomic E-state index is 12.9. The number of ether oxygens (including phenoxy) is 1. The zero-order valence-electron chi connectivity index (χ0n) is 15.7. The molecule has 0 fully saturated rings. The normalized spacial score (nSPS) is 10.7. The van der Waals surface area contributed by atoms with E-state index in [4.69, 9.17) is 4.74 Å². The van der Waals surface area contributed by atoms with Crippen LogP contribution in [0.3, 0.4) is 0 Å². The van der Waals surface area contributed by atoms with E-state index in [1.54, 1.807) is 47.2 Å². The van der Waals surface area contributed by atoms with Gasteiger partial charge in [-0.05, 0) is 43.3 Å². The molecule has 7 heteroatoms. The highest BCUT2D eigenvalue weighted by molar-refractivity contribution is 7.98. The lowest BCUT2D eigenvalue weighted by atomic mass is 10.2. The molecule has 3 aromatic rings. The Balaban J connectivity index is 1.57. The van der Waals surface area contributed by atoms with Crippen molar-refractivity contribution in [1.29, 1.82) is 0 Å². The number of carbonyl (C=O) groups is 1. The largest absolute Gasteiger partial charge is 0.492 e. The number of carbonyl (C=O) groups excluding carboxylic acids is 1. The first-order chi connectivity index (χ1) is 13.5. The topological polar surface area (TPSA) is 42.4 Å². The number of likely N-dealkylation sites (N-methyl/N-ethyl adjacent to an activating group) is 1. The van der Waals surface area contributed by atoms with Crippen molar-refractivity contribution in [2.75, 3.05) is 20.2 Å². The Bertz CT molecular complexity index is 928. The van der Waals surface area contributed by atoms with Gasteiger partial charge in [0.2, 0.25) is 0 Å². The highest BCUT2D eigenvalue weighted by Crippen LogP contribution is 2.27. The van der Waals surface area contributed by atoms with E-state index in [1.165, 1.54) is 12.1 Å². The highest BCUT2D eigenvalue weighted by atomic mass is 32.2. The fourth-order valence-corrected chi connectivity index (χ4v) is 4.19. The zero-order chi connectivity index (χ0) is 19.9. The summed E-state index contributed by atoms with van der Waals surface area (Å²) in [7, 11) is 1.75. The molecule has 0 saturated carbocycles. The smallest absolute Gasteiger partial charge is 0.254 e. The lowest BCUT2D eigenvalue weighted by Crippen LogP contribution is -2.31. The van der Waals surface area contributed by atoms with Gasteiger partial charge in [-0.1, -0.05) is 12.1 Å². The summed E-state index contributed by atoms with van der Waals surface area (Å²) in [5, 5.41) is 3.09. The zero-order valence-corrected chi connectivity index (χ0v) is 17.4. The first-order valence-electron chi connectivity index (χ1n) is 8.79. The Morgan fingerprint density at radius 3 is 2.68 bits per heavy atom. The van der Waals surface area contributed by atoms with Crippen molar-refractivity contribution >= 4 is 29.0 Å². The van der Waals surface area contributed by atoms with E-state index >= 15 is 0 Å². The number of aromatic nitrogens is 1. The van der Waals surface area contributed by atoms with Crippen LogP contribution >= 0.6 is 23.1 Å². The Hall–Kier alpha value is -2.38. The third kappa shape index (κ3) is 5.56. The molecule has 0 unspecified atom stereocenters.